The standard InChI is InChI=1S/C16H24N4O3/c1-17-8-5-12-6-9-19(10-7-12)14-4-3-13(16(21)18-2)11-15(14)20(22)23/h3-4,11-12,17H,5-10H2,1-2H3,(H,18,21). The van der Waals surface area contributed by atoms with Gasteiger partial charge in [0.05, 0.1) is 4.92 Å². The lowest BCUT2D eigenvalue weighted by Crippen LogP contribution is -2.35. The number of amides is 1. The summed E-state index contributed by atoms with van der Waals surface area (Å²) >= 11 is 0. The molecular formula is C16H24N4O3. The van der Waals surface area contributed by atoms with Gasteiger partial charge in [0.15, 0.2) is 0 Å². The second-order valence-electron chi connectivity index (χ2n) is 5.86. The van der Waals surface area contributed by atoms with Crippen molar-refractivity contribution >= 4 is 17.3 Å². The molecule has 0 saturated carbocycles. The Hall–Kier alpha value is -2.15. The summed E-state index contributed by atoms with van der Waals surface area (Å²) in [5.74, 6) is 0.355. The average Bonchev–Trinajstić information content (AvgIpc) is 2.59. The van der Waals surface area contributed by atoms with Gasteiger partial charge in [-0.2, -0.15) is 0 Å². The molecule has 1 aromatic rings. The van der Waals surface area contributed by atoms with Gasteiger partial charge in [0.2, 0.25) is 0 Å². The molecule has 126 valence electrons. The summed E-state index contributed by atoms with van der Waals surface area (Å²) in [4.78, 5) is 24.7. The first-order valence-electron chi connectivity index (χ1n) is 7.97. The highest BCUT2D eigenvalue weighted by Gasteiger charge is 2.25. The van der Waals surface area contributed by atoms with Gasteiger partial charge in [-0.15, -0.1) is 0 Å². The number of nitrogens with zero attached hydrogens (tertiary/aromatic N) is 2. The molecule has 0 radical (unpaired) electrons. The Morgan fingerprint density at radius 2 is 2.04 bits per heavy atom. The van der Waals surface area contributed by atoms with Crippen LogP contribution in [0.5, 0.6) is 0 Å². The van der Waals surface area contributed by atoms with Gasteiger partial charge in [-0.25, -0.2) is 0 Å². The fourth-order valence-electron chi connectivity index (χ4n) is 3.03. The monoisotopic (exact) mass is 320 g/mol. The Morgan fingerprint density at radius 1 is 1.35 bits per heavy atom. The first-order valence-corrected chi connectivity index (χ1v) is 7.97. The number of hydrogen-bond acceptors (Lipinski definition) is 5. The Kier molecular flexibility index (Phi) is 5.92. The first kappa shape index (κ1) is 17.2. The van der Waals surface area contributed by atoms with E-state index in [-0.39, 0.29) is 11.6 Å². The van der Waals surface area contributed by atoms with Gasteiger partial charge in [-0.3, -0.25) is 14.9 Å². The lowest BCUT2D eigenvalue weighted by atomic mass is 9.93. The van der Waals surface area contributed by atoms with Crippen LogP contribution >= 0.6 is 0 Å². The zero-order valence-corrected chi connectivity index (χ0v) is 13.7. The number of nitro benzene ring substituents is 1. The minimum atomic E-state index is -0.408. The largest absolute Gasteiger partial charge is 0.366 e. The number of nitro groups is 1. The predicted octanol–water partition coefficient (Wildman–Crippen LogP) is 1.78. The molecule has 0 bridgehead atoms. The predicted molar refractivity (Wildman–Crippen MR) is 90.0 cm³/mol. The maximum Gasteiger partial charge on any atom is 0.293 e. The third-order valence-electron chi connectivity index (χ3n) is 4.42. The second-order valence-corrected chi connectivity index (χ2v) is 5.86. The Labute approximate surface area is 136 Å². The molecule has 0 aliphatic carbocycles. The maximum atomic E-state index is 11.7. The molecule has 0 unspecified atom stereocenters. The van der Waals surface area contributed by atoms with E-state index >= 15 is 0 Å². The van der Waals surface area contributed by atoms with E-state index < -0.39 is 4.92 Å². The van der Waals surface area contributed by atoms with Crippen LogP contribution in [0.4, 0.5) is 11.4 Å². The average molecular weight is 320 g/mol. The van der Waals surface area contributed by atoms with Crippen molar-refractivity contribution in [2.24, 2.45) is 5.92 Å². The van der Waals surface area contributed by atoms with Gasteiger partial charge in [-0.1, -0.05) is 0 Å². The minimum Gasteiger partial charge on any atom is -0.366 e. The summed E-state index contributed by atoms with van der Waals surface area (Å²) in [7, 11) is 3.46. The highest BCUT2D eigenvalue weighted by atomic mass is 16.6. The van der Waals surface area contributed by atoms with Crippen molar-refractivity contribution in [1.82, 2.24) is 10.6 Å². The summed E-state index contributed by atoms with van der Waals surface area (Å²) < 4.78 is 0. The van der Waals surface area contributed by atoms with Crippen molar-refractivity contribution in [3.8, 4) is 0 Å². The quantitative estimate of drug-likeness (QED) is 0.616. The van der Waals surface area contributed by atoms with Gasteiger partial charge in [0, 0.05) is 31.8 Å². The summed E-state index contributed by atoms with van der Waals surface area (Å²) in [6.07, 6.45) is 3.22. The van der Waals surface area contributed by atoms with E-state index in [0.717, 1.165) is 38.9 Å². The van der Waals surface area contributed by atoms with Crippen LogP contribution in [-0.4, -0.2) is 44.6 Å². The Balaban J connectivity index is 2.13. The number of piperidine rings is 1. The molecule has 1 fully saturated rings. The van der Waals surface area contributed by atoms with Crippen molar-refractivity contribution in [1.29, 1.82) is 0 Å². The van der Waals surface area contributed by atoms with Crippen LogP contribution in [0.25, 0.3) is 0 Å². The third kappa shape index (κ3) is 4.19. The van der Waals surface area contributed by atoms with Crippen LogP contribution in [0, 0.1) is 16.0 Å². The van der Waals surface area contributed by atoms with Crippen LogP contribution in [0.2, 0.25) is 0 Å². The van der Waals surface area contributed by atoms with Crippen LogP contribution in [0.3, 0.4) is 0 Å². The third-order valence-corrected chi connectivity index (χ3v) is 4.42. The number of carbonyl (C=O) groups excluding carboxylic acids is 1. The molecule has 2 rings (SSSR count). The van der Waals surface area contributed by atoms with Gasteiger partial charge in [-0.05, 0) is 50.9 Å². The maximum absolute atomic E-state index is 11.7. The molecule has 1 aliphatic heterocycles. The molecule has 2 N–H and O–H groups in total. The lowest BCUT2D eigenvalue weighted by molar-refractivity contribution is -0.384. The molecule has 1 aliphatic rings. The summed E-state index contributed by atoms with van der Waals surface area (Å²) in [5.41, 5.74) is 0.918. The molecular weight excluding hydrogens is 296 g/mol. The normalized spacial score (nSPS) is 15.5. The minimum absolute atomic E-state index is 0.000208. The van der Waals surface area contributed by atoms with Gasteiger partial charge in [0.1, 0.15) is 5.69 Å². The van der Waals surface area contributed by atoms with Crippen LogP contribution in [0.1, 0.15) is 29.6 Å². The molecule has 1 aromatic carbocycles. The van der Waals surface area contributed by atoms with Crippen molar-refractivity contribution in [3.63, 3.8) is 0 Å². The molecule has 0 aromatic heterocycles. The first-order chi connectivity index (χ1) is 11.1. The number of nitrogens with one attached hydrogen (secondary N) is 2. The smallest absolute Gasteiger partial charge is 0.293 e. The summed E-state index contributed by atoms with van der Waals surface area (Å²) in [6.45, 7) is 2.63. The van der Waals surface area contributed by atoms with E-state index in [1.807, 2.05) is 7.05 Å². The van der Waals surface area contributed by atoms with Crippen LogP contribution < -0.4 is 15.5 Å². The van der Waals surface area contributed by atoms with E-state index in [1.54, 1.807) is 12.1 Å². The number of benzene rings is 1. The molecule has 7 nitrogen and oxygen atoms in total. The zero-order valence-electron chi connectivity index (χ0n) is 13.7. The Morgan fingerprint density at radius 3 is 2.61 bits per heavy atom. The molecule has 1 heterocycles. The van der Waals surface area contributed by atoms with Crippen molar-refractivity contribution in [3.05, 3.63) is 33.9 Å². The number of anilines is 1. The van der Waals surface area contributed by atoms with Crippen LogP contribution in [-0.2, 0) is 0 Å². The number of rotatable bonds is 6. The van der Waals surface area contributed by atoms with Crippen molar-refractivity contribution in [2.45, 2.75) is 19.3 Å². The fourth-order valence-corrected chi connectivity index (χ4v) is 3.03. The van der Waals surface area contributed by atoms with E-state index in [1.165, 1.54) is 13.1 Å². The van der Waals surface area contributed by atoms with E-state index in [9.17, 15) is 14.9 Å². The summed E-state index contributed by atoms with van der Waals surface area (Å²) in [6, 6.07) is 4.70. The summed E-state index contributed by atoms with van der Waals surface area (Å²) in [5, 5.41) is 17.0. The molecule has 23 heavy (non-hydrogen) atoms. The number of hydrogen-bond donors (Lipinski definition) is 2. The van der Waals surface area contributed by atoms with Crippen LogP contribution in [0.15, 0.2) is 18.2 Å². The topological polar surface area (TPSA) is 87.5 Å². The highest BCUT2D eigenvalue weighted by Crippen LogP contribution is 2.33. The molecule has 0 atom stereocenters. The number of carbonyl (C=O) groups is 1. The van der Waals surface area contributed by atoms with Gasteiger partial charge < -0.3 is 15.5 Å². The van der Waals surface area contributed by atoms with E-state index in [0.29, 0.717) is 17.2 Å². The molecule has 1 amide bonds. The highest BCUT2D eigenvalue weighted by molar-refractivity contribution is 5.95. The van der Waals surface area contributed by atoms with E-state index in [2.05, 4.69) is 15.5 Å². The zero-order chi connectivity index (χ0) is 16.8. The van der Waals surface area contributed by atoms with Crippen molar-refractivity contribution < 1.29 is 9.72 Å². The Bertz CT molecular complexity index is 568. The van der Waals surface area contributed by atoms with Gasteiger partial charge >= 0.3 is 0 Å². The fraction of sp³-hybridized carbons (Fsp3) is 0.562. The van der Waals surface area contributed by atoms with Gasteiger partial charge in [0.25, 0.3) is 11.6 Å². The lowest BCUT2D eigenvalue weighted by Gasteiger charge is -2.33. The molecule has 0 spiro atoms. The van der Waals surface area contributed by atoms with E-state index in [4.69, 9.17) is 0 Å². The SMILES string of the molecule is CNCCC1CCN(c2ccc(C(=O)NC)cc2[N+](=O)[O-])CC1. The second kappa shape index (κ2) is 7.92. The molecule has 1 saturated heterocycles. The van der Waals surface area contributed by atoms with Crippen molar-refractivity contribution in [2.75, 3.05) is 38.6 Å². The molecule has 7 heteroatoms.